The average Bonchev–Trinajstić information content (AvgIpc) is 2.93. The van der Waals surface area contributed by atoms with Crippen LogP contribution in [0.3, 0.4) is 0 Å². The summed E-state index contributed by atoms with van der Waals surface area (Å²) in [6.07, 6.45) is 4.10. The topological polar surface area (TPSA) is 40.5 Å². The highest BCUT2D eigenvalue weighted by Crippen LogP contribution is 2.26. The van der Waals surface area contributed by atoms with Crippen molar-refractivity contribution in [3.63, 3.8) is 0 Å². The molecule has 1 amide bonds. The summed E-state index contributed by atoms with van der Waals surface area (Å²) in [5.74, 6) is 0.0578. The van der Waals surface area contributed by atoms with Gasteiger partial charge in [0.1, 0.15) is 0 Å². The van der Waals surface area contributed by atoms with Crippen LogP contribution >= 0.6 is 0 Å². The maximum atomic E-state index is 12.3. The summed E-state index contributed by atoms with van der Waals surface area (Å²) in [4.78, 5) is 14.1. The molecule has 1 aliphatic carbocycles. The molecule has 1 aromatic rings. The van der Waals surface area contributed by atoms with Gasteiger partial charge in [-0.15, -0.1) is 0 Å². The van der Waals surface area contributed by atoms with E-state index in [2.05, 4.69) is 6.07 Å². The Balaban J connectivity index is 1.81. The number of likely N-dealkylation sites (tertiary alicyclic amines) is 1. The van der Waals surface area contributed by atoms with Gasteiger partial charge in [-0.1, -0.05) is 6.07 Å². The molecule has 0 bridgehead atoms. The third-order valence-corrected chi connectivity index (χ3v) is 4.08. The number of aryl methyl sites for hydroxylation is 2. The quantitative estimate of drug-likeness (QED) is 0.819. The first-order valence-corrected chi connectivity index (χ1v) is 6.69. The zero-order valence-corrected chi connectivity index (χ0v) is 10.8. The van der Waals surface area contributed by atoms with Crippen molar-refractivity contribution in [2.24, 2.45) is 0 Å². The average molecular weight is 245 g/mol. The highest BCUT2D eigenvalue weighted by molar-refractivity contribution is 5.94. The largest absolute Gasteiger partial charge is 0.388 e. The maximum Gasteiger partial charge on any atom is 0.253 e. The van der Waals surface area contributed by atoms with E-state index in [1.165, 1.54) is 17.5 Å². The first-order chi connectivity index (χ1) is 8.55. The number of amides is 1. The van der Waals surface area contributed by atoms with E-state index in [4.69, 9.17) is 0 Å². The summed E-state index contributed by atoms with van der Waals surface area (Å²) in [6.45, 7) is 2.90. The van der Waals surface area contributed by atoms with Crippen LogP contribution in [0.2, 0.25) is 0 Å². The predicted molar refractivity (Wildman–Crippen MR) is 69.6 cm³/mol. The Hall–Kier alpha value is -1.35. The second-order valence-electron chi connectivity index (χ2n) is 5.81. The molecule has 3 heteroatoms. The fourth-order valence-corrected chi connectivity index (χ4v) is 3.01. The van der Waals surface area contributed by atoms with Crippen LogP contribution in [-0.2, 0) is 12.8 Å². The molecule has 96 valence electrons. The molecule has 0 saturated carbocycles. The van der Waals surface area contributed by atoms with Gasteiger partial charge in [-0.2, -0.15) is 0 Å². The van der Waals surface area contributed by atoms with E-state index in [1.807, 2.05) is 12.1 Å². The third kappa shape index (κ3) is 2.03. The summed E-state index contributed by atoms with van der Waals surface area (Å²) in [5.41, 5.74) is 2.77. The summed E-state index contributed by atoms with van der Waals surface area (Å²) < 4.78 is 0. The van der Waals surface area contributed by atoms with Crippen LogP contribution < -0.4 is 0 Å². The number of nitrogens with zero attached hydrogens (tertiary/aromatic N) is 1. The minimum absolute atomic E-state index is 0.0578. The number of rotatable bonds is 1. The lowest BCUT2D eigenvalue weighted by atomic mass is 10.1. The molecule has 1 fully saturated rings. The Morgan fingerprint density at radius 1 is 1.33 bits per heavy atom. The molecule has 1 aliphatic heterocycles. The highest BCUT2D eigenvalue weighted by atomic mass is 16.3. The third-order valence-electron chi connectivity index (χ3n) is 4.08. The standard InChI is InChI=1S/C15H19NO2/c1-15(18)7-8-16(10-15)14(17)13-6-5-11-3-2-4-12(11)9-13/h5-6,9,18H,2-4,7-8,10H2,1H3. The lowest BCUT2D eigenvalue weighted by Gasteiger charge is -2.19. The van der Waals surface area contributed by atoms with E-state index in [1.54, 1.807) is 11.8 Å². The molecule has 0 aromatic heterocycles. The molecule has 0 radical (unpaired) electrons. The monoisotopic (exact) mass is 245 g/mol. The van der Waals surface area contributed by atoms with Gasteiger partial charge in [0.25, 0.3) is 5.91 Å². The minimum atomic E-state index is -0.716. The van der Waals surface area contributed by atoms with E-state index >= 15 is 0 Å². The highest BCUT2D eigenvalue weighted by Gasteiger charge is 2.34. The normalized spacial score (nSPS) is 26.4. The summed E-state index contributed by atoms with van der Waals surface area (Å²) in [6, 6.07) is 6.06. The molecule has 1 unspecified atom stereocenters. The van der Waals surface area contributed by atoms with Gasteiger partial charge in [-0.3, -0.25) is 4.79 Å². The molecule has 1 N–H and O–H groups in total. The van der Waals surface area contributed by atoms with Gasteiger partial charge in [0.15, 0.2) is 0 Å². The van der Waals surface area contributed by atoms with Gasteiger partial charge in [0.05, 0.1) is 5.60 Å². The Morgan fingerprint density at radius 3 is 2.83 bits per heavy atom. The fourth-order valence-electron chi connectivity index (χ4n) is 3.01. The number of carbonyl (C=O) groups excluding carboxylic acids is 1. The smallest absolute Gasteiger partial charge is 0.253 e. The van der Waals surface area contributed by atoms with Crippen LogP contribution in [0, 0.1) is 0 Å². The lowest BCUT2D eigenvalue weighted by Crippen LogP contribution is -2.33. The minimum Gasteiger partial charge on any atom is -0.388 e. The molecule has 3 nitrogen and oxygen atoms in total. The van der Waals surface area contributed by atoms with Gasteiger partial charge in [-0.25, -0.2) is 0 Å². The molecule has 1 aromatic carbocycles. The van der Waals surface area contributed by atoms with Gasteiger partial charge in [0, 0.05) is 18.7 Å². The van der Waals surface area contributed by atoms with Gasteiger partial charge >= 0.3 is 0 Å². The zero-order chi connectivity index (χ0) is 12.8. The van der Waals surface area contributed by atoms with Crippen LogP contribution in [-0.4, -0.2) is 34.6 Å². The number of benzene rings is 1. The van der Waals surface area contributed by atoms with Crippen molar-refractivity contribution < 1.29 is 9.90 Å². The van der Waals surface area contributed by atoms with Crippen LogP contribution in [0.4, 0.5) is 0 Å². The number of carbonyl (C=O) groups is 1. The van der Waals surface area contributed by atoms with E-state index in [0.29, 0.717) is 19.5 Å². The van der Waals surface area contributed by atoms with E-state index in [-0.39, 0.29) is 5.91 Å². The van der Waals surface area contributed by atoms with Crippen LogP contribution in [0.1, 0.15) is 41.3 Å². The molecule has 0 spiro atoms. The van der Waals surface area contributed by atoms with Gasteiger partial charge in [0.2, 0.25) is 0 Å². The summed E-state index contributed by atoms with van der Waals surface area (Å²) >= 11 is 0. The molecule has 18 heavy (non-hydrogen) atoms. The van der Waals surface area contributed by atoms with Crippen LogP contribution in [0.5, 0.6) is 0 Å². The van der Waals surface area contributed by atoms with Crippen molar-refractivity contribution in [1.82, 2.24) is 4.90 Å². The Bertz CT molecular complexity index is 493. The second-order valence-corrected chi connectivity index (χ2v) is 5.81. The van der Waals surface area contributed by atoms with Crippen LogP contribution in [0.15, 0.2) is 18.2 Å². The van der Waals surface area contributed by atoms with Crippen molar-refractivity contribution >= 4 is 5.91 Å². The SMILES string of the molecule is CC1(O)CCN(C(=O)c2ccc3c(c2)CCC3)C1. The Labute approximate surface area is 107 Å². The lowest BCUT2D eigenvalue weighted by molar-refractivity contribution is 0.0572. The van der Waals surface area contributed by atoms with E-state index in [9.17, 15) is 9.90 Å². The molecule has 3 rings (SSSR count). The molecular weight excluding hydrogens is 226 g/mol. The first-order valence-electron chi connectivity index (χ1n) is 6.69. The number of hydrogen-bond donors (Lipinski definition) is 1. The zero-order valence-electron chi connectivity index (χ0n) is 10.8. The first kappa shape index (κ1) is 11.7. The van der Waals surface area contributed by atoms with Crippen molar-refractivity contribution in [3.8, 4) is 0 Å². The summed E-state index contributed by atoms with van der Waals surface area (Å²) in [7, 11) is 0. The summed E-state index contributed by atoms with van der Waals surface area (Å²) in [5, 5.41) is 9.92. The number of fused-ring (bicyclic) bond motifs is 1. The van der Waals surface area contributed by atoms with Crippen molar-refractivity contribution in [2.75, 3.05) is 13.1 Å². The van der Waals surface area contributed by atoms with Crippen molar-refractivity contribution in [3.05, 3.63) is 34.9 Å². The fraction of sp³-hybridized carbons (Fsp3) is 0.533. The van der Waals surface area contributed by atoms with Crippen molar-refractivity contribution in [1.29, 1.82) is 0 Å². The molecule has 1 saturated heterocycles. The van der Waals surface area contributed by atoms with Gasteiger partial charge in [-0.05, 0) is 55.9 Å². The van der Waals surface area contributed by atoms with E-state index < -0.39 is 5.60 Å². The molecule has 1 atom stereocenters. The molecule has 1 heterocycles. The van der Waals surface area contributed by atoms with Gasteiger partial charge < -0.3 is 10.0 Å². The number of aliphatic hydroxyl groups is 1. The Kier molecular flexibility index (Phi) is 2.67. The van der Waals surface area contributed by atoms with Crippen molar-refractivity contribution in [2.45, 2.75) is 38.2 Å². The van der Waals surface area contributed by atoms with E-state index in [0.717, 1.165) is 18.4 Å². The maximum absolute atomic E-state index is 12.3. The second kappa shape index (κ2) is 4.09. The number of hydrogen-bond acceptors (Lipinski definition) is 2. The predicted octanol–water partition coefficient (Wildman–Crippen LogP) is 1.77. The molecule has 2 aliphatic rings. The van der Waals surface area contributed by atoms with Crippen LogP contribution in [0.25, 0.3) is 0 Å². The Morgan fingerprint density at radius 2 is 2.11 bits per heavy atom. The molecular formula is C15H19NO2. The number of β-amino-alcohol motifs (C(OH)–C–C–N with tert-alkyl or cyclic N) is 1.